The largest absolute Gasteiger partial charge is 0.454 e. The molecule has 2 aliphatic rings. The van der Waals surface area contributed by atoms with Gasteiger partial charge in [-0.1, -0.05) is 25.8 Å². The van der Waals surface area contributed by atoms with Crippen LogP contribution in [0.2, 0.25) is 0 Å². The number of hydrogen-bond acceptors (Lipinski definition) is 4. The molecule has 1 saturated carbocycles. The zero-order valence-corrected chi connectivity index (χ0v) is 16.4. The van der Waals surface area contributed by atoms with Gasteiger partial charge in [-0.05, 0) is 54.7 Å². The zero-order valence-electron chi connectivity index (χ0n) is 15.6. The number of benzene rings is 1. The first-order valence-corrected chi connectivity index (χ1v) is 9.98. The molecule has 2 heterocycles. The molecule has 0 unspecified atom stereocenters. The van der Waals surface area contributed by atoms with Crippen molar-refractivity contribution in [1.29, 1.82) is 0 Å². The van der Waals surface area contributed by atoms with E-state index in [9.17, 15) is 0 Å². The van der Waals surface area contributed by atoms with Crippen LogP contribution in [0.15, 0.2) is 42.7 Å². The van der Waals surface area contributed by atoms with E-state index >= 15 is 0 Å². The highest BCUT2D eigenvalue weighted by Gasteiger charge is 2.25. The third kappa shape index (κ3) is 4.16. The average Bonchev–Trinajstić information content (AvgIpc) is 3.16. The molecule has 5 nitrogen and oxygen atoms in total. The number of ether oxygens (including phenoxy) is 2. The van der Waals surface area contributed by atoms with Gasteiger partial charge in [-0.15, -0.1) is 0 Å². The molecule has 2 aromatic rings. The zero-order chi connectivity index (χ0) is 18.6. The van der Waals surface area contributed by atoms with E-state index in [-0.39, 0.29) is 6.79 Å². The number of aromatic nitrogens is 1. The fourth-order valence-electron chi connectivity index (χ4n) is 3.77. The van der Waals surface area contributed by atoms with Gasteiger partial charge in [0.25, 0.3) is 0 Å². The molecule has 0 saturated heterocycles. The smallest absolute Gasteiger partial charge is 0.231 e. The number of anilines is 1. The number of nitrogens with one attached hydrogen (secondary N) is 1. The van der Waals surface area contributed by atoms with Crippen LogP contribution in [0.5, 0.6) is 11.5 Å². The Morgan fingerprint density at radius 3 is 2.89 bits per heavy atom. The second kappa shape index (κ2) is 8.13. The van der Waals surface area contributed by atoms with Crippen molar-refractivity contribution in [3.8, 4) is 11.5 Å². The summed E-state index contributed by atoms with van der Waals surface area (Å²) in [6, 6.07) is 10.4. The predicted molar refractivity (Wildman–Crippen MR) is 110 cm³/mol. The molecule has 142 valence electrons. The molecular weight excluding hydrogens is 358 g/mol. The summed E-state index contributed by atoms with van der Waals surface area (Å²) in [5.41, 5.74) is 2.10. The normalized spacial score (nSPS) is 20.9. The van der Waals surface area contributed by atoms with Crippen LogP contribution in [0, 0.1) is 5.92 Å². The molecule has 0 spiro atoms. The number of fused-ring (bicyclic) bond motifs is 1. The van der Waals surface area contributed by atoms with E-state index in [0.29, 0.717) is 18.5 Å². The first kappa shape index (κ1) is 18.0. The Labute approximate surface area is 165 Å². The fourth-order valence-corrected chi connectivity index (χ4v) is 4.10. The SMILES string of the molecule is C[C@H]1CCCC[C@@H]1NC(=S)N(Cc1cccnc1)c1ccc2c(c1)OCO2. The van der Waals surface area contributed by atoms with Gasteiger partial charge >= 0.3 is 0 Å². The maximum Gasteiger partial charge on any atom is 0.231 e. The Hall–Kier alpha value is -2.34. The summed E-state index contributed by atoms with van der Waals surface area (Å²) in [6.45, 7) is 3.23. The first-order valence-electron chi connectivity index (χ1n) is 9.57. The Bertz CT molecular complexity index is 799. The minimum absolute atomic E-state index is 0.268. The van der Waals surface area contributed by atoms with Gasteiger partial charge in [0.15, 0.2) is 16.6 Å². The second-order valence-corrected chi connectivity index (χ2v) is 7.69. The lowest BCUT2D eigenvalue weighted by Gasteiger charge is -2.34. The molecule has 1 aliphatic carbocycles. The van der Waals surface area contributed by atoms with Crippen LogP contribution in [0.3, 0.4) is 0 Å². The van der Waals surface area contributed by atoms with Gasteiger partial charge in [-0.2, -0.15) is 0 Å². The molecule has 4 rings (SSSR count). The topological polar surface area (TPSA) is 46.6 Å². The maximum atomic E-state index is 5.84. The average molecular weight is 384 g/mol. The van der Waals surface area contributed by atoms with Crippen molar-refractivity contribution < 1.29 is 9.47 Å². The Balaban J connectivity index is 1.58. The molecule has 1 N–H and O–H groups in total. The van der Waals surface area contributed by atoms with Gasteiger partial charge in [0.05, 0.1) is 6.54 Å². The minimum Gasteiger partial charge on any atom is -0.454 e. The van der Waals surface area contributed by atoms with Crippen molar-refractivity contribution in [1.82, 2.24) is 10.3 Å². The lowest BCUT2D eigenvalue weighted by Crippen LogP contribution is -2.47. The number of nitrogens with zero attached hydrogens (tertiary/aromatic N) is 2. The Morgan fingerprint density at radius 2 is 2.07 bits per heavy atom. The number of rotatable bonds is 4. The molecule has 0 bridgehead atoms. The molecule has 27 heavy (non-hydrogen) atoms. The second-order valence-electron chi connectivity index (χ2n) is 7.30. The quantitative estimate of drug-likeness (QED) is 0.796. The number of pyridine rings is 1. The molecule has 2 atom stereocenters. The van der Waals surface area contributed by atoms with E-state index in [0.717, 1.165) is 27.9 Å². The van der Waals surface area contributed by atoms with Crippen LogP contribution in [0.4, 0.5) is 5.69 Å². The van der Waals surface area contributed by atoms with Crippen LogP contribution in [0.1, 0.15) is 38.2 Å². The summed E-state index contributed by atoms with van der Waals surface area (Å²) >= 11 is 5.84. The maximum absolute atomic E-state index is 5.84. The third-order valence-electron chi connectivity index (χ3n) is 5.40. The molecule has 1 fully saturated rings. The highest BCUT2D eigenvalue weighted by Crippen LogP contribution is 2.36. The monoisotopic (exact) mass is 383 g/mol. The molecular formula is C21H25N3O2S. The summed E-state index contributed by atoms with van der Waals surface area (Å²) in [4.78, 5) is 6.36. The van der Waals surface area contributed by atoms with Crippen LogP contribution < -0.4 is 19.7 Å². The minimum atomic E-state index is 0.268. The van der Waals surface area contributed by atoms with E-state index in [4.69, 9.17) is 21.7 Å². The van der Waals surface area contributed by atoms with Crippen molar-refractivity contribution in [2.75, 3.05) is 11.7 Å². The molecule has 6 heteroatoms. The third-order valence-corrected chi connectivity index (χ3v) is 5.74. The molecule has 1 aromatic heterocycles. The van der Waals surface area contributed by atoms with Gasteiger partial charge < -0.3 is 19.7 Å². The van der Waals surface area contributed by atoms with Crippen LogP contribution >= 0.6 is 12.2 Å². The number of hydrogen-bond donors (Lipinski definition) is 1. The van der Waals surface area contributed by atoms with Crippen LogP contribution in [0.25, 0.3) is 0 Å². The highest BCUT2D eigenvalue weighted by molar-refractivity contribution is 7.80. The van der Waals surface area contributed by atoms with E-state index in [2.05, 4.69) is 28.2 Å². The van der Waals surface area contributed by atoms with E-state index in [1.54, 1.807) is 6.20 Å². The predicted octanol–water partition coefficient (Wildman–Crippen LogP) is 4.27. The lowest BCUT2D eigenvalue weighted by atomic mass is 9.86. The molecule has 1 aliphatic heterocycles. The Morgan fingerprint density at radius 1 is 1.22 bits per heavy atom. The van der Waals surface area contributed by atoms with Crippen molar-refractivity contribution in [2.24, 2.45) is 5.92 Å². The van der Waals surface area contributed by atoms with Gasteiger partial charge in [0.2, 0.25) is 6.79 Å². The Kier molecular flexibility index (Phi) is 5.43. The van der Waals surface area contributed by atoms with Gasteiger partial charge in [-0.25, -0.2) is 0 Å². The molecule has 0 amide bonds. The summed E-state index contributed by atoms with van der Waals surface area (Å²) in [5, 5.41) is 4.37. The summed E-state index contributed by atoms with van der Waals surface area (Å²) < 4.78 is 11.0. The van der Waals surface area contributed by atoms with E-state index in [1.807, 2.05) is 30.5 Å². The van der Waals surface area contributed by atoms with E-state index in [1.165, 1.54) is 25.7 Å². The molecule has 1 aromatic carbocycles. The fraction of sp³-hybridized carbons (Fsp3) is 0.429. The van der Waals surface area contributed by atoms with Crippen LogP contribution in [-0.4, -0.2) is 22.9 Å². The van der Waals surface area contributed by atoms with Crippen molar-refractivity contribution >= 4 is 23.0 Å². The van der Waals surface area contributed by atoms with Crippen LogP contribution in [-0.2, 0) is 6.54 Å². The van der Waals surface area contributed by atoms with Gasteiger partial charge in [0, 0.05) is 30.2 Å². The van der Waals surface area contributed by atoms with Crippen molar-refractivity contribution in [3.63, 3.8) is 0 Å². The summed E-state index contributed by atoms with van der Waals surface area (Å²) in [7, 11) is 0. The summed E-state index contributed by atoms with van der Waals surface area (Å²) in [5.74, 6) is 2.17. The van der Waals surface area contributed by atoms with Crippen molar-refractivity contribution in [2.45, 2.75) is 45.2 Å². The van der Waals surface area contributed by atoms with Gasteiger partial charge in [-0.3, -0.25) is 4.98 Å². The first-order chi connectivity index (χ1) is 13.2. The van der Waals surface area contributed by atoms with Crippen molar-refractivity contribution in [3.05, 3.63) is 48.3 Å². The van der Waals surface area contributed by atoms with E-state index < -0.39 is 0 Å². The highest BCUT2D eigenvalue weighted by atomic mass is 32.1. The molecule has 0 radical (unpaired) electrons. The summed E-state index contributed by atoms with van der Waals surface area (Å²) in [6.07, 6.45) is 8.67. The number of thiocarbonyl (C=S) groups is 1. The standard InChI is InChI=1S/C21H25N3O2S/c1-15-5-2-3-7-18(15)23-21(27)24(13-16-6-4-10-22-12-16)17-8-9-19-20(11-17)26-14-25-19/h4,6,8-12,15,18H,2-3,5,7,13-14H2,1H3,(H,23,27)/t15-,18-/m0/s1. The van der Waals surface area contributed by atoms with Gasteiger partial charge in [0.1, 0.15) is 0 Å². The lowest BCUT2D eigenvalue weighted by molar-refractivity contribution is 0.174.